The van der Waals surface area contributed by atoms with Crippen LogP contribution in [0.1, 0.15) is 57.4 Å². The van der Waals surface area contributed by atoms with E-state index in [1.54, 1.807) is 12.1 Å². The Hall–Kier alpha value is -0.890. The summed E-state index contributed by atoms with van der Waals surface area (Å²) >= 11 is 0. The van der Waals surface area contributed by atoms with Gasteiger partial charge in [0.1, 0.15) is 5.82 Å². The summed E-state index contributed by atoms with van der Waals surface area (Å²) in [5.41, 5.74) is 1.14. The van der Waals surface area contributed by atoms with Gasteiger partial charge in [0, 0.05) is 6.54 Å². The third-order valence-corrected chi connectivity index (χ3v) is 5.21. The van der Waals surface area contributed by atoms with Gasteiger partial charge in [-0.25, -0.2) is 4.39 Å². The molecule has 0 unspecified atom stereocenters. The second-order valence-electron chi connectivity index (χ2n) is 6.88. The molecule has 0 atom stereocenters. The molecule has 1 fully saturated rings. The average molecular weight is 291 g/mol. The highest BCUT2D eigenvalue weighted by atomic mass is 19.1. The van der Waals surface area contributed by atoms with E-state index in [2.05, 4.69) is 12.2 Å². The van der Waals surface area contributed by atoms with Gasteiger partial charge in [0.2, 0.25) is 0 Å². The van der Waals surface area contributed by atoms with Crippen LogP contribution in [0.2, 0.25) is 0 Å². The molecule has 0 heterocycles. The monoisotopic (exact) mass is 291 g/mol. The number of unbranched alkanes of at least 4 members (excludes halogenated alkanes) is 1. The largest absolute Gasteiger partial charge is 0.319 e. The van der Waals surface area contributed by atoms with Crippen molar-refractivity contribution in [2.75, 3.05) is 13.6 Å². The van der Waals surface area contributed by atoms with Gasteiger partial charge in [0.15, 0.2) is 0 Å². The Morgan fingerprint density at radius 3 is 2.57 bits per heavy atom. The van der Waals surface area contributed by atoms with Crippen molar-refractivity contribution in [3.8, 4) is 0 Å². The van der Waals surface area contributed by atoms with E-state index >= 15 is 0 Å². The summed E-state index contributed by atoms with van der Waals surface area (Å²) in [7, 11) is 2.02. The number of benzene rings is 1. The fraction of sp³-hybridized carbons (Fsp3) is 0.684. The Kier molecular flexibility index (Phi) is 6.22. The quantitative estimate of drug-likeness (QED) is 0.749. The van der Waals surface area contributed by atoms with E-state index in [1.165, 1.54) is 44.9 Å². The summed E-state index contributed by atoms with van der Waals surface area (Å²) in [6, 6.07) is 7.29. The number of nitrogens with one attached hydrogen (secondary N) is 1. The van der Waals surface area contributed by atoms with Crippen LogP contribution >= 0.6 is 0 Å². The molecule has 1 aromatic carbocycles. The van der Waals surface area contributed by atoms with Gasteiger partial charge in [-0.15, -0.1) is 0 Å². The maximum Gasteiger partial charge on any atom is 0.126 e. The van der Waals surface area contributed by atoms with Crippen LogP contribution in [0, 0.1) is 17.2 Å². The van der Waals surface area contributed by atoms with Gasteiger partial charge in [0.25, 0.3) is 0 Å². The molecule has 0 aliphatic heterocycles. The Morgan fingerprint density at radius 1 is 1.24 bits per heavy atom. The summed E-state index contributed by atoms with van der Waals surface area (Å²) in [6.45, 7) is 3.27. The lowest BCUT2D eigenvalue weighted by molar-refractivity contribution is 0.140. The van der Waals surface area contributed by atoms with Crippen molar-refractivity contribution in [2.24, 2.45) is 11.3 Å². The SMILES string of the molecule is CCCCC1CCC(CNC)(Cc2ccccc2F)CC1. The third-order valence-electron chi connectivity index (χ3n) is 5.21. The first kappa shape index (κ1) is 16.5. The Labute approximate surface area is 129 Å². The predicted molar refractivity (Wildman–Crippen MR) is 87.9 cm³/mol. The van der Waals surface area contributed by atoms with Gasteiger partial charge >= 0.3 is 0 Å². The zero-order valence-corrected chi connectivity index (χ0v) is 13.6. The molecule has 1 aromatic rings. The van der Waals surface area contributed by atoms with Crippen LogP contribution in [0.5, 0.6) is 0 Å². The molecule has 1 aliphatic carbocycles. The fourth-order valence-corrected chi connectivity index (χ4v) is 3.91. The van der Waals surface area contributed by atoms with Gasteiger partial charge in [-0.1, -0.05) is 44.4 Å². The molecule has 0 saturated heterocycles. The van der Waals surface area contributed by atoms with E-state index in [4.69, 9.17) is 0 Å². The number of hydrogen-bond acceptors (Lipinski definition) is 1. The summed E-state index contributed by atoms with van der Waals surface area (Å²) in [6.07, 6.45) is 10.0. The molecule has 21 heavy (non-hydrogen) atoms. The van der Waals surface area contributed by atoms with Crippen molar-refractivity contribution in [1.82, 2.24) is 5.32 Å². The van der Waals surface area contributed by atoms with Crippen LogP contribution in [-0.2, 0) is 6.42 Å². The van der Waals surface area contributed by atoms with E-state index in [-0.39, 0.29) is 11.2 Å². The molecule has 0 radical (unpaired) electrons. The first-order valence-corrected chi connectivity index (χ1v) is 8.57. The smallest absolute Gasteiger partial charge is 0.126 e. The number of halogens is 1. The van der Waals surface area contributed by atoms with Crippen molar-refractivity contribution in [1.29, 1.82) is 0 Å². The molecule has 118 valence electrons. The minimum absolute atomic E-state index is 0.0407. The molecule has 2 rings (SSSR count). The predicted octanol–water partition coefficient (Wildman–Crippen LogP) is 4.95. The zero-order valence-electron chi connectivity index (χ0n) is 13.6. The molecule has 1 N–H and O–H groups in total. The second kappa shape index (κ2) is 7.93. The lowest BCUT2D eigenvalue weighted by Crippen LogP contribution is -2.38. The van der Waals surface area contributed by atoms with E-state index in [0.29, 0.717) is 0 Å². The van der Waals surface area contributed by atoms with Crippen molar-refractivity contribution in [3.63, 3.8) is 0 Å². The topological polar surface area (TPSA) is 12.0 Å². The number of hydrogen-bond donors (Lipinski definition) is 1. The maximum atomic E-state index is 14.0. The van der Waals surface area contributed by atoms with Crippen molar-refractivity contribution in [3.05, 3.63) is 35.6 Å². The van der Waals surface area contributed by atoms with E-state index in [1.807, 2.05) is 19.2 Å². The molecule has 2 heteroatoms. The van der Waals surface area contributed by atoms with Crippen molar-refractivity contribution < 1.29 is 4.39 Å². The molecule has 0 amide bonds. The van der Waals surface area contributed by atoms with Gasteiger partial charge in [-0.05, 0) is 62.1 Å². The fourth-order valence-electron chi connectivity index (χ4n) is 3.91. The molecule has 1 nitrogen and oxygen atoms in total. The molecule has 0 aromatic heterocycles. The molecule has 1 aliphatic rings. The molecule has 0 spiro atoms. The van der Waals surface area contributed by atoms with Gasteiger partial charge in [0.05, 0.1) is 0 Å². The minimum atomic E-state index is -0.0407. The minimum Gasteiger partial charge on any atom is -0.319 e. The first-order chi connectivity index (χ1) is 10.2. The highest BCUT2D eigenvalue weighted by Gasteiger charge is 2.35. The van der Waals surface area contributed by atoms with E-state index in [9.17, 15) is 4.39 Å². The highest BCUT2D eigenvalue weighted by Crippen LogP contribution is 2.42. The van der Waals surface area contributed by atoms with Gasteiger partial charge in [-0.3, -0.25) is 0 Å². The molecule has 0 bridgehead atoms. The Bertz CT molecular complexity index is 421. The van der Waals surface area contributed by atoms with Gasteiger partial charge in [-0.2, -0.15) is 0 Å². The Morgan fingerprint density at radius 2 is 1.95 bits per heavy atom. The highest BCUT2D eigenvalue weighted by molar-refractivity contribution is 5.19. The van der Waals surface area contributed by atoms with Crippen LogP contribution in [0.25, 0.3) is 0 Å². The lowest BCUT2D eigenvalue weighted by Gasteiger charge is -2.40. The van der Waals surface area contributed by atoms with Crippen molar-refractivity contribution in [2.45, 2.75) is 58.3 Å². The maximum absolute atomic E-state index is 14.0. The van der Waals surface area contributed by atoms with Gasteiger partial charge < -0.3 is 5.32 Å². The van der Waals surface area contributed by atoms with Crippen LogP contribution in [0.15, 0.2) is 24.3 Å². The first-order valence-electron chi connectivity index (χ1n) is 8.57. The summed E-state index contributed by atoms with van der Waals surface area (Å²) in [5.74, 6) is 0.858. The van der Waals surface area contributed by atoms with Crippen LogP contribution in [0.4, 0.5) is 4.39 Å². The number of rotatable bonds is 7. The van der Waals surface area contributed by atoms with E-state index < -0.39 is 0 Å². The van der Waals surface area contributed by atoms with Crippen molar-refractivity contribution >= 4 is 0 Å². The zero-order chi connectivity index (χ0) is 15.1. The average Bonchev–Trinajstić information content (AvgIpc) is 2.50. The molecular formula is C19H30FN. The standard InChI is InChI=1S/C19H30FN/c1-3-4-7-16-10-12-19(13-11-16,15-21-2)14-17-8-5-6-9-18(17)20/h5-6,8-9,16,21H,3-4,7,10-15H2,1-2H3. The summed E-state index contributed by atoms with van der Waals surface area (Å²) in [4.78, 5) is 0. The van der Waals surface area contributed by atoms with Crippen LogP contribution < -0.4 is 5.32 Å². The van der Waals surface area contributed by atoms with Crippen LogP contribution in [-0.4, -0.2) is 13.6 Å². The molecular weight excluding hydrogens is 261 g/mol. The van der Waals surface area contributed by atoms with Crippen LogP contribution in [0.3, 0.4) is 0 Å². The molecule has 1 saturated carbocycles. The normalized spacial score (nSPS) is 26.0. The summed E-state index contributed by atoms with van der Waals surface area (Å²) < 4.78 is 14.0. The third kappa shape index (κ3) is 4.54. The summed E-state index contributed by atoms with van der Waals surface area (Å²) in [5, 5.41) is 3.35. The Balaban J connectivity index is 2.00. The van der Waals surface area contributed by atoms with E-state index in [0.717, 1.165) is 24.4 Å². The lowest BCUT2D eigenvalue weighted by atomic mass is 9.66. The second-order valence-corrected chi connectivity index (χ2v) is 6.88.